The number of amides is 1. The first-order chi connectivity index (χ1) is 13.5. The summed E-state index contributed by atoms with van der Waals surface area (Å²) < 4.78 is 26.7. The number of benzene rings is 2. The van der Waals surface area contributed by atoms with E-state index in [9.17, 15) is 13.6 Å². The van der Waals surface area contributed by atoms with Gasteiger partial charge in [0.1, 0.15) is 11.6 Å². The third kappa shape index (κ3) is 5.77. The first kappa shape index (κ1) is 20.3. The Morgan fingerprint density at radius 1 is 1.18 bits per heavy atom. The second-order valence-electron chi connectivity index (χ2n) is 6.64. The smallest absolute Gasteiger partial charge is 0.234 e. The second kappa shape index (κ2) is 9.66. The molecule has 0 aliphatic carbocycles. The first-order valence-electron chi connectivity index (χ1n) is 9.09. The molecule has 2 aromatic carbocycles. The minimum atomic E-state index is -0.793. The van der Waals surface area contributed by atoms with E-state index in [2.05, 4.69) is 17.3 Å². The number of hydrogen-bond donors (Lipinski definition) is 2. The SMILES string of the molecule is C[NH+]1CCN(C(=Nc2ccccc2)SCC(=O)Nc2ccc(F)cc2F)CC1. The molecule has 28 heavy (non-hydrogen) atoms. The van der Waals surface area contributed by atoms with E-state index in [0.717, 1.165) is 49.2 Å². The maximum atomic E-state index is 13.7. The average molecular weight is 405 g/mol. The van der Waals surface area contributed by atoms with Crippen LogP contribution in [0.4, 0.5) is 20.2 Å². The summed E-state index contributed by atoms with van der Waals surface area (Å²) in [6.07, 6.45) is 0. The van der Waals surface area contributed by atoms with Crippen LogP contribution in [-0.2, 0) is 4.79 Å². The fraction of sp³-hybridized carbons (Fsp3) is 0.300. The number of amidine groups is 1. The molecule has 1 aliphatic rings. The number of carbonyl (C=O) groups is 1. The van der Waals surface area contributed by atoms with Crippen molar-refractivity contribution in [3.63, 3.8) is 0 Å². The van der Waals surface area contributed by atoms with Crippen molar-refractivity contribution in [2.24, 2.45) is 4.99 Å². The maximum Gasteiger partial charge on any atom is 0.234 e. The molecule has 0 radical (unpaired) electrons. The van der Waals surface area contributed by atoms with Gasteiger partial charge in [0.25, 0.3) is 0 Å². The molecule has 2 aromatic rings. The van der Waals surface area contributed by atoms with Gasteiger partial charge in [-0.25, -0.2) is 13.8 Å². The lowest BCUT2D eigenvalue weighted by Gasteiger charge is -2.32. The Labute approximate surface area is 167 Å². The standard InChI is InChI=1S/C20H22F2N4OS/c1-25-9-11-26(12-10-25)20(23-16-5-3-2-4-6-16)28-14-19(27)24-18-8-7-15(21)13-17(18)22/h2-8,13H,9-12,14H2,1H3,(H,24,27)/p+1. The highest BCUT2D eigenvalue weighted by Gasteiger charge is 2.21. The van der Waals surface area contributed by atoms with Crippen LogP contribution in [0, 0.1) is 11.6 Å². The zero-order valence-corrected chi connectivity index (χ0v) is 16.4. The van der Waals surface area contributed by atoms with Gasteiger partial charge in [0, 0.05) is 6.07 Å². The van der Waals surface area contributed by atoms with Crippen molar-refractivity contribution >= 4 is 34.2 Å². The monoisotopic (exact) mass is 405 g/mol. The van der Waals surface area contributed by atoms with Gasteiger partial charge in [-0.2, -0.15) is 0 Å². The Bertz CT molecular complexity index is 839. The average Bonchev–Trinajstić information content (AvgIpc) is 2.69. The molecule has 8 heteroatoms. The summed E-state index contributed by atoms with van der Waals surface area (Å²) in [6.45, 7) is 3.72. The summed E-state index contributed by atoms with van der Waals surface area (Å²) in [5, 5.41) is 3.26. The maximum absolute atomic E-state index is 13.7. The van der Waals surface area contributed by atoms with Crippen LogP contribution in [0.5, 0.6) is 0 Å². The number of nitrogens with one attached hydrogen (secondary N) is 2. The number of para-hydroxylation sites is 1. The number of hydrogen-bond acceptors (Lipinski definition) is 3. The molecule has 3 rings (SSSR count). The van der Waals surface area contributed by atoms with Crippen molar-refractivity contribution in [2.75, 3.05) is 44.3 Å². The van der Waals surface area contributed by atoms with Crippen molar-refractivity contribution < 1.29 is 18.5 Å². The summed E-state index contributed by atoms with van der Waals surface area (Å²) >= 11 is 1.32. The second-order valence-corrected chi connectivity index (χ2v) is 7.58. The van der Waals surface area contributed by atoms with E-state index in [1.807, 2.05) is 30.3 Å². The third-order valence-corrected chi connectivity index (χ3v) is 5.42. The van der Waals surface area contributed by atoms with E-state index in [0.29, 0.717) is 0 Å². The van der Waals surface area contributed by atoms with Crippen molar-refractivity contribution in [1.82, 2.24) is 4.90 Å². The van der Waals surface area contributed by atoms with Crippen LogP contribution in [-0.4, -0.2) is 55.0 Å². The van der Waals surface area contributed by atoms with Crippen molar-refractivity contribution in [1.29, 1.82) is 0 Å². The molecule has 1 heterocycles. The van der Waals surface area contributed by atoms with Crippen LogP contribution in [0.25, 0.3) is 0 Å². The molecule has 1 fully saturated rings. The molecule has 0 unspecified atom stereocenters. The predicted octanol–water partition coefficient (Wildman–Crippen LogP) is 2.15. The van der Waals surface area contributed by atoms with E-state index < -0.39 is 11.6 Å². The van der Waals surface area contributed by atoms with Gasteiger partial charge in [0.05, 0.1) is 50.4 Å². The van der Waals surface area contributed by atoms with Crippen LogP contribution in [0.1, 0.15) is 0 Å². The van der Waals surface area contributed by atoms with Crippen molar-refractivity contribution in [3.05, 3.63) is 60.2 Å². The lowest BCUT2D eigenvalue weighted by Crippen LogP contribution is -3.12. The Balaban J connectivity index is 1.67. The van der Waals surface area contributed by atoms with Gasteiger partial charge in [0.2, 0.25) is 5.91 Å². The first-order valence-corrected chi connectivity index (χ1v) is 10.1. The zero-order chi connectivity index (χ0) is 19.9. The van der Waals surface area contributed by atoms with E-state index in [1.165, 1.54) is 22.7 Å². The number of nitrogens with zero attached hydrogens (tertiary/aromatic N) is 2. The summed E-state index contributed by atoms with van der Waals surface area (Å²) in [6, 6.07) is 12.7. The van der Waals surface area contributed by atoms with Gasteiger partial charge in [-0.05, 0) is 24.3 Å². The van der Waals surface area contributed by atoms with Crippen LogP contribution >= 0.6 is 11.8 Å². The summed E-state index contributed by atoms with van der Waals surface area (Å²) in [4.78, 5) is 20.6. The van der Waals surface area contributed by atoms with E-state index in [4.69, 9.17) is 4.99 Å². The predicted molar refractivity (Wildman–Crippen MR) is 109 cm³/mol. The minimum Gasteiger partial charge on any atom is -0.340 e. The van der Waals surface area contributed by atoms with Crippen LogP contribution in [0.3, 0.4) is 0 Å². The highest BCUT2D eigenvalue weighted by atomic mass is 32.2. The molecule has 2 N–H and O–H groups in total. The van der Waals surface area contributed by atoms with Crippen molar-refractivity contribution in [2.45, 2.75) is 0 Å². The number of piperazine rings is 1. The van der Waals surface area contributed by atoms with Crippen LogP contribution < -0.4 is 10.2 Å². The van der Waals surface area contributed by atoms with Gasteiger partial charge < -0.3 is 15.1 Å². The number of carbonyl (C=O) groups excluding carboxylic acids is 1. The molecule has 0 atom stereocenters. The molecule has 1 amide bonds. The molecular weight excluding hydrogens is 382 g/mol. The molecule has 0 bridgehead atoms. The fourth-order valence-electron chi connectivity index (χ4n) is 2.79. The van der Waals surface area contributed by atoms with Gasteiger partial charge in [-0.1, -0.05) is 30.0 Å². The van der Waals surface area contributed by atoms with E-state index in [-0.39, 0.29) is 17.3 Å². The molecular formula is C20H23F2N4OS+. The summed E-state index contributed by atoms with van der Waals surface area (Å²) in [7, 11) is 2.16. The largest absolute Gasteiger partial charge is 0.340 e. The Kier molecular flexibility index (Phi) is 7.00. The number of halogens is 2. The fourth-order valence-corrected chi connectivity index (χ4v) is 3.66. The Hall–Kier alpha value is -2.45. The normalized spacial score (nSPS) is 15.5. The number of likely N-dealkylation sites (N-methyl/N-ethyl adjacent to an activating group) is 1. The highest BCUT2D eigenvalue weighted by molar-refractivity contribution is 8.14. The van der Waals surface area contributed by atoms with E-state index >= 15 is 0 Å². The van der Waals surface area contributed by atoms with Crippen molar-refractivity contribution in [3.8, 4) is 0 Å². The van der Waals surface area contributed by atoms with Gasteiger partial charge in [0.15, 0.2) is 5.17 Å². The molecule has 1 saturated heterocycles. The number of quaternary nitrogens is 1. The molecule has 5 nitrogen and oxygen atoms in total. The molecule has 0 aromatic heterocycles. The molecule has 0 spiro atoms. The van der Waals surface area contributed by atoms with Gasteiger partial charge in [-0.15, -0.1) is 0 Å². The number of thioether (sulfide) groups is 1. The summed E-state index contributed by atoms with van der Waals surface area (Å²) in [5.74, 6) is -1.75. The summed E-state index contributed by atoms with van der Waals surface area (Å²) in [5.41, 5.74) is 0.790. The zero-order valence-electron chi connectivity index (χ0n) is 15.6. The Morgan fingerprint density at radius 2 is 1.89 bits per heavy atom. The van der Waals surface area contributed by atoms with Gasteiger partial charge in [-0.3, -0.25) is 4.79 Å². The van der Waals surface area contributed by atoms with E-state index in [1.54, 1.807) is 0 Å². The topological polar surface area (TPSA) is 49.1 Å². The lowest BCUT2D eigenvalue weighted by molar-refractivity contribution is -0.883. The molecule has 1 aliphatic heterocycles. The number of anilines is 1. The van der Waals surface area contributed by atoms with Crippen LogP contribution in [0.2, 0.25) is 0 Å². The third-order valence-electron chi connectivity index (χ3n) is 4.41. The number of rotatable bonds is 4. The quantitative estimate of drug-likeness (QED) is 0.606. The molecule has 0 saturated carbocycles. The van der Waals surface area contributed by atoms with Crippen LogP contribution in [0.15, 0.2) is 53.5 Å². The number of aliphatic imine (C=N–C) groups is 1. The molecule has 148 valence electrons. The highest BCUT2D eigenvalue weighted by Crippen LogP contribution is 2.19. The lowest BCUT2D eigenvalue weighted by atomic mass is 10.3. The minimum absolute atomic E-state index is 0.0308. The Morgan fingerprint density at radius 3 is 2.57 bits per heavy atom. The van der Waals surface area contributed by atoms with Gasteiger partial charge >= 0.3 is 0 Å².